The summed E-state index contributed by atoms with van der Waals surface area (Å²) in [4.78, 5) is 34.3. The van der Waals surface area contributed by atoms with Crippen molar-refractivity contribution in [3.05, 3.63) is 65.7 Å². The third kappa shape index (κ3) is 5.24. The van der Waals surface area contributed by atoms with Crippen LogP contribution in [0.1, 0.15) is 22.8 Å². The maximum atomic E-state index is 12.0. The molecule has 0 aliphatic rings. The zero-order valence-electron chi connectivity index (χ0n) is 13.2. The fourth-order valence-corrected chi connectivity index (χ4v) is 1.90. The Morgan fingerprint density at radius 3 is 2.38 bits per heavy atom. The van der Waals surface area contributed by atoms with E-state index in [0.29, 0.717) is 11.3 Å². The van der Waals surface area contributed by atoms with E-state index in [1.54, 1.807) is 31.2 Å². The van der Waals surface area contributed by atoms with Gasteiger partial charge in [-0.1, -0.05) is 30.3 Å². The van der Waals surface area contributed by atoms with Gasteiger partial charge in [0.2, 0.25) is 5.91 Å². The second kappa shape index (κ2) is 8.47. The van der Waals surface area contributed by atoms with Crippen LogP contribution in [0.15, 0.2) is 54.6 Å². The lowest BCUT2D eigenvalue weighted by Gasteiger charge is -2.14. The van der Waals surface area contributed by atoms with Gasteiger partial charge >= 0.3 is 6.09 Å². The molecule has 2 aromatic rings. The number of hydrogen-bond donors (Lipinski definition) is 2. The first-order valence-corrected chi connectivity index (χ1v) is 7.42. The Morgan fingerprint density at radius 1 is 1.08 bits per heavy atom. The van der Waals surface area contributed by atoms with Crippen LogP contribution < -0.4 is 10.6 Å². The van der Waals surface area contributed by atoms with E-state index in [4.69, 9.17) is 4.74 Å². The molecule has 2 aromatic carbocycles. The van der Waals surface area contributed by atoms with Gasteiger partial charge in [-0.2, -0.15) is 0 Å². The molecule has 2 rings (SSSR count). The summed E-state index contributed by atoms with van der Waals surface area (Å²) in [6.07, 6.45) is 0.0521. The smallest absolute Gasteiger partial charge is 0.408 e. The molecule has 0 fully saturated rings. The highest BCUT2D eigenvalue weighted by Gasteiger charge is 2.16. The van der Waals surface area contributed by atoms with E-state index in [9.17, 15) is 14.4 Å². The number of carbonyl (C=O) groups is 3. The number of aldehydes is 1. The molecule has 0 spiro atoms. The van der Waals surface area contributed by atoms with E-state index in [1.165, 1.54) is 0 Å². The third-order valence-electron chi connectivity index (χ3n) is 3.25. The molecule has 2 amide bonds. The van der Waals surface area contributed by atoms with Gasteiger partial charge in [-0.15, -0.1) is 0 Å². The van der Waals surface area contributed by atoms with Crippen molar-refractivity contribution in [2.75, 3.05) is 5.32 Å². The van der Waals surface area contributed by atoms with Gasteiger partial charge in [-0.25, -0.2) is 4.79 Å². The predicted octanol–water partition coefficient (Wildman–Crippen LogP) is 2.75. The molecule has 0 radical (unpaired) electrons. The molecule has 0 aliphatic heterocycles. The maximum absolute atomic E-state index is 12.0. The minimum Gasteiger partial charge on any atom is -0.445 e. The average Bonchev–Trinajstić information content (AvgIpc) is 2.61. The molecule has 1 atom stereocenters. The Balaban J connectivity index is 1.79. The van der Waals surface area contributed by atoms with Crippen LogP contribution in [0, 0.1) is 0 Å². The monoisotopic (exact) mass is 326 g/mol. The first-order valence-electron chi connectivity index (χ1n) is 7.42. The number of amides is 2. The summed E-state index contributed by atoms with van der Waals surface area (Å²) < 4.78 is 5.06. The Morgan fingerprint density at radius 2 is 1.75 bits per heavy atom. The minimum absolute atomic E-state index is 0.133. The van der Waals surface area contributed by atoms with Gasteiger partial charge in [-0.05, 0) is 36.8 Å². The van der Waals surface area contributed by atoms with Crippen molar-refractivity contribution < 1.29 is 19.1 Å². The van der Waals surface area contributed by atoms with Crippen molar-refractivity contribution in [1.29, 1.82) is 0 Å². The lowest BCUT2D eigenvalue weighted by atomic mass is 10.2. The molecule has 6 heteroatoms. The zero-order valence-corrected chi connectivity index (χ0v) is 13.2. The van der Waals surface area contributed by atoms with Crippen molar-refractivity contribution in [2.45, 2.75) is 19.6 Å². The van der Waals surface area contributed by atoms with Crippen LogP contribution in [0.3, 0.4) is 0 Å². The van der Waals surface area contributed by atoms with Crippen LogP contribution in [0.25, 0.3) is 0 Å². The van der Waals surface area contributed by atoms with Crippen LogP contribution in [-0.2, 0) is 16.1 Å². The van der Waals surface area contributed by atoms with Crippen molar-refractivity contribution >= 4 is 24.0 Å². The standard InChI is InChI=1S/C18H18N2O4/c1-13(17(22)20-16-9-7-14(11-21)8-10-16)19-18(23)24-12-15-5-3-2-4-6-15/h2-11,13H,12H2,1H3,(H,19,23)(H,20,22). The summed E-state index contributed by atoms with van der Waals surface area (Å²) >= 11 is 0. The molecule has 6 nitrogen and oxygen atoms in total. The normalized spacial score (nSPS) is 11.2. The topological polar surface area (TPSA) is 84.5 Å². The molecule has 0 aromatic heterocycles. The average molecular weight is 326 g/mol. The first-order chi connectivity index (χ1) is 11.6. The van der Waals surface area contributed by atoms with Crippen LogP contribution in [0.2, 0.25) is 0 Å². The zero-order chi connectivity index (χ0) is 17.4. The van der Waals surface area contributed by atoms with Gasteiger partial charge in [-0.3, -0.25) is 9.59 Å². The van der Waals surface area contributed by atoms with E-state index in [1.807, 2.05) is 30.3 Å². The van der Waals surface area contributed by atoms with Crippen molar-refractivity contribution in [3.63, 3.8) is 0 Å². The van der Waals surface area contributed by atoms with Gasteiger partial charge in [0.25, 0.3) is 0 Å². The highest BCUT2D eigenvalue weighted by atomic mass is 16.5. The van der Waals surface area contributed by atoms with Crippen LogP contribution in [-0.4, -0.2) is 24.3 Å². The molecule has 0 heterocycles. The largest absolute Gasteiger partial charge is 0.445 e. The highest BCUT2D eigenvalue weighted by molar-refractivity contribution is 5.96. The molecule has 124 valence electrons. The number of hydrogen-bond acceptors (Lipinski definition) is 4. The molecule has 0 saturated heterocycles. The number of rotatable bonds is 6. The molecular formula is C18H18N2O4. The second-order valence-electron chi connectivity index (χ2n) is 5.16. The van der Waals surface area contributed by atoms with Crippen molar-refractivity contribution in [2.24, 2.45) is 0 Å². The van der Waals surface area contributed by atoms with E-state index < -0.39 is 12.1 Å². The molecule has 0 aliphatic carbocycles. The summed E-state index contributed by atoms with van der Waals surface area (Å²) in [7, 11) is 0. The van der Waals surface area contributed by atoms with Gasteiger partial charge in [0.05, 0.1) is 0 Å². The van der Waals surface area contributed by atoms with Crippen LogP contribution >= 0.6 is 0 Å². The van der Waals surface area contributed by atoms with E-state index >= 15 is 0 Å². The van der Waals surface area contributed by atoms with Crippen LogP contribution in [0.5, 0.6) is 0 Å². The van der Waals surface area contributed by atoms with Gasteiger partial charge in [0.1, 0.15) is 18.9 Å². The number of anilines is 1. The lowest BCUT2D eigenvalue weighted by Crippen LogP contribution is -2.41. The number of alkyl carbamates (subject to hydrolysis) is 1. The maximum Gasteiger partial charge on any atom is 0.408 e. The molecular weight excluding hydrogens is 308 g/mol. The molecule has 24 heavy (non-hydrogen) atoms. The van der Waals surface area contributed by atoms with Crippen molar-refractivity contribution in [3.8, 4) is 0 Å². The van der Waals surface area contributed by atoms with E-state index in [-0.39, 0.29) is 12.5 Å². The first kappa shape index (κ1) is 17.2. The molecule has 2 N–H and O–H groups in total. The Bertz CT molecular complexity index is 699. The number of benzene rings is 2. The van der Waals surface area contributed by atoms with Gasteiger partial charge in [0, 0.05) is 11.3 Å². The summed E-state index contributed by atoms with van der Waals surface area (Å²) in [5.74, 6) is -0.384. The third-order valence-corrected chi connectivity index (χ3v) is 3.25. The van der Waals surface area contributed by atoms with Gasteiger partial charge in [0.15, 0.2) is 0 Å². The lowest BCUT2D eigenvalue weighted by molar-refractivity contribution is -0.117. The fraction of sp³-hybridized carbons (Fsp3) is 0.167. The number of ether oxygens (including phenoxy) is 1. The number of nitrogens with one attached hydrogen (secondary N) is 2. The minimum atomic E-state index is -0.765. The quantitative estimate of drug-likeness (QED) is 0.799. The van der Waals surface area contributed by atoms with Gasteiger partial charge < -0.3 is 15.4 Å². The molecule has 0 saturated carbocycles. The van der Waals surface area contributed by atoms with Crippen LogP contribution in [0.4, 0.5) is 10.5 Å². The summed E-state index contributed by atoms with van der Waals surface area (Å²) in [5.41, 5.74) is 1.92. The van der Waals surface area contributed by atoms with Crippen molar-refractivity contribution in [1.82, 2.24) is 5.32 Å². The summed E-state index contributed by atoms with van der Waals surface area (Å²) in [6, 6.07) is 14.9. The second-order valence-corrected chi connectivity index (χ2v) is 5.16. The molecule has 0 bridgehead atoms. The molecule has 1 unspecified atom stereocenters. The SMILES string of the molecule is CC(NC(=O)OCc1ccccc1)C(=O)Nc1ccc(C=O)cc1. The predicted molar refractivity (Wildman–Crippen MR) is 89.7 cm³/mol. The Labute approximate surface area is 139 Å². The van der Waals surface area contributed by atoms with E-state index in [0.717, 1.165) is 11.8 Å². The number of carbonyl (C=O) groups excluding carboxylic acids is 3. The Kier molecular flexibility index (Phi) is 6.08. The fourth-order valence-electron chi connectivity index (χ4n) is 1.90. The Hall–Kier alpha value is -3.15. The summed E-state index contributed by atoms with van der Waals surface area (Å²) in [5, 5.41) is 5.11. The summed E-state index contributed by atoms with van der Waals surface area (Å²) in [6.45, 7) is 1.69. The highest BCUT2D eigenvalue weighted by Crippen LogP contribution is 2.08. The van der Waals surface area contributed by atoms with E-state index in [2.05, 4.69) is 10.6 Å².